The molecule has 2 rings (SSSR count). The van der Waals surface area contributed by atoms with Gasteiger partial charge in [-0.05, 0) is 6.07 Å². The average Bonchev–Trinajstić information content (AvgIpc) is 2.58. The predicted octanol–water partition coefficient (Wildman–Crippen LogP) is 1.45. The molecular formula is C8H5ClFN3O. The Balaban J connectivity index is 2.87. The van der Waals surface area contributed by atoms with Gasteiger partial charge in [0, 0.05) is 6.20 Å². The molecule has 2 aromatic heterocycles. The summed E-state index contributed by atoms with van der Waals surface area (Å²) in [5.41, 5.74) is 4.96. The van der Waals surface area contributed by atoms with Gasteiger partial charge in [-0.2, -0.15) is 0 Å². The molecule has 1 amide bonds. The fourth-order valence-electron chi connectivity index (χ4n) is 1.18. The van der Waals surface area contributed by atoms with Crippen LogP contribution in [0.25, 0.3) is 11.0 Å². The Kier molecular flexibility index (Phi) is 1.89. The van der Waals surface area contributed by atoms with Crippen LogP contribution in [-0.2, 0) is 0 Å². The van der Waals surface area contributed by atoms with E-state index in [-0.39, 0.29) is 21.7 Å². The highest BCUT2D eigenvalue weighted by Gasteiger charge is 2.17. The maximum absolute atomic E-state index is 13.5. The fraction of sp³-hybridized carbons (Fsp3) is 0. The lowest BCUT2D eigenvalue weighted by Gasteiger charge is -2.00. The van der Waals surface area contributed by atoms with E-state index in [9.17, 15) is 9.18 Å². The van der Waals surface area contributed by atoms with Gasteiger partial charge in [-0.1, -0.05) is 11.6 Å². The van der Waals surface area contributed by atoms with Crippen molar-refractivity contribution in [2.45, 2.75) is 0 Å². The third-order valence-electron chi connectivity index (χ3n) is 1.82. The van der Waals surface area contributed by atoms with Crippen LogP contribution in [0.2, 0.25) is 5.02 Å². The van der Waals surface area contributed by atoms with Crippen LogP contribution in [0, 0.1) is 5.82 Å². The van der Waals surface area contributed by atoms with Gasteiger partial charge in [0.25, 0.3) is 5.91 Å². The Bertz CT molecular complexity index is 523. The highest BCUT2D eigenvalue weighted by atomic mass is 35.5. The molecule has 4 nitrogen and oxygen atoms in total. The number of halogens is 2. The summed E-state index contributed by atoms with van der Waals surface area (Å²) in [4.78, 5) is 17.3. The van der Waals surface area contributed by atoms with Crippen LogP contribution in [0.4, 0.5) is 4.39 Å². The molecule has 0 spiro atoms. The van der Waals surface area contributed by atoms with E-state index in [1.54, 1.807) is 0 Å². The number of nitrogens with one attached hydrogen (secondary N) is 1. The second-order valence-corrected chi connectivity index (χ2v) is 3.07. The van der Waals surface area contributed by atoms with E-state index in [0.717, 1.165) is 0 Å². The van der Waals surface area contributed by atoms with Crippen molar-refractivity contribution in [1.29, 1.82) is 0 Å². The lowest BCUT2D eigenvalue weighted by Crippen LogP contribution is -2.14. The molecule has 0 saturated heterocycles. The van der Waals surface area contributed by atoms with E-state index in [0.29, 0.717) is 0 Å². The van der Waals surface area contributed by atoms with Gasteiger partial charge in [0.05, 0.1) is 5.39 Å². The van der Waals surface area contributed by atoms with Gasteiger partial charge in [0.2, 0.25) is 0 Å². The minimum absolute atomic E-state index is 0.236. The van der Waals surface area contributed by atoms with Gasteiger partial charge < -0.3 is 10.7 Å². The molecule has 2 aromatic rings. The first-order chi connectivity index (χ1) is 6.61. The molecule has 0 unspecified atom stereocenters. The summed E-state index contributed by atoms with van der Waals surface area (Å²) in [6.07, 6.45) is 1.50. The van der Waals surface area contributed by atoms with Crippen LogP contribution in [0.15, 0.2) is 12.3 Å². The number of pyridine rings is 1. The van der Waals surface area contributed by atoms with Gasteiger partial charge in [-0.25, -0.2) is 9.37 Å². The highest BCUT2D eigenvalue weighted by Crippen LogP contribution is 2.24. The molecule has 0 saturated carbocycles. The van der Waals surface area contributed by atoms with Gasteiger partial charge >= 0.3 is 0 Å². The van der Waals surface area contributed by atoms with Crippen LogP contribution in [0.3, 0.4) is 0 Å². The van der Waals surface area contributed by atoms with E-state index < -0.39 is 11.7 Å². The predicted molar refractivity (Wildman–Crippen MR) is 49.6 cm³/mol. The quantitative estimate of drug-likeness (QED) is 0.753. The number of nitrogens with two attached hydrogens (primary N) is 1. The maximum atomic E-state index is 13.5. The highest BCUT2D eigenvalue weighted by molar-refractivity contribution is 6.34. The summed E-state index contributed by atoms with van der Waals surface area (Å²) >= 11 is 5.57. The zero-order valence-corrected chi connectivity index (χ0v) is 7.60. The van der Waals surface area contributed by atoms with Gasteiger partial charge in [-0.3, -0.25) is 4.79 Å². The first-order valence-corrected chi connectivity index (χ1v) is 4.11. The number of nitrogens with zero attached hydrogens (tertiary/aromatic N) is 1. The maximum Gasteiger partial charge on any atom is 0.269 e. The van der Waals surface area contributed by atoms with Crippen molar-refractivity contribution < 1.29 is 9.18 Å². The number of amides is 1. The molecule has 0 aromatic carbocycles. The number of fused-ring (bicyclic) bond motifs is 1. The van der Waals surface area contributed by atoms with E-state index in [4.69, 9.17) is 17.3 Å². The van der Waals surface area contributed by atoms with Crippen molar-refractivity contribution in [2.24, 2.45) is 5.73 Å². The smallest absolute Gasteiger partial charge is 0.269 e. The van der Waals surface area contributed by atoms with Crippen molar-refractivity contribution >= 4 is 28.5 Å². The molecular weight excluding hydrogens is 209 g/mol. The first-order valence-electron chi connectivity index (χ1n) is 3.73. The Hall–Kier alpha value is -1.62. The van der Waals surface area contributed by atoms with E-state index >= 15 is 0 Å². The average molecular weight is 214 g/mol. The number of aromatic amines is 1. The lowest BCUT2D eigenvalue weighted by molar-refractivity contribution is 0.0995. The molecule has 0 fully saturated rings. The summed E-state index contributed by atoms with van der Waals surface area (Å²) in [6, 6.07) is 1.48. The Morgan fingerprint density at radius 3 is 3.00 bits per heavy atom. The molecule has 14 heavy (non-hydrogen) atoms. The third kappa shape index (κ3) is 1.13. The van der Waals surface area contributed by atoms with E-state index in [1.165, 1.54) is 12.3 Å². The van der Waals surface area contributed by atoms with Crippen LogP contribution >= 0.6 is 11.6 Å². The molecule has 0 aliphatic carbocycles. The Morgan fingerprint density at radius 1 is 1.64 bits per heavy atom. The number of hydrogen-bond donors (Lipinski definition) is 2. The zero-order chi connectivity index (χ0) is 10.3. The van der Waals surface area contributed by atoms with Crippen LogP contribution < -0.4 is 5.73 Å². The first kappa shape index (κ1) is 8.96. The monoisotopic (exact) mass is 213 g/mol. The van der Waals surface area contributed by atoms with Gasteiger partial charge in [0.1, 0.15) is 10.7 Å². The SMILES string of the molecule is NC(=O)c1nc2[nH]ccc2c(F)c1Cl. The van der Waals surface area contributed by atoms with Gasteiger partial charge in [-0.15, -0.1) is 0 Å². The van der Waals surface area contributed by atoms with Crippen molar-refractivity contribution in [1.82, 2.24) is 9.97 Å². The molecule has 2 heterocycles. The van der Waals surface area contributed by atoms with Crippen LogP contribution in [0.1, 0.15) is 10.5 Å². The number of carbonyl (C=O) groups excluding carboxylic acids is 1. The molecule has 6 heteroatoms. The Morgan fingerprint density at radius 2 is 2.36 bits per heavy atom. The number of H-pyrrole nitrogens is 1. The molecule has 0 radical (unpaired) electrons. The minimum Gasteiger partial charge on any atom is -0.364 e. The molecule has 0 aliphatic heterocycles. The summed E-state index contributed by atoms with van der Waals surface area (Å²) in [5, 5.41) is -0.107. The second kappa shape index (κ2) is 2.95. The third-order valence-corrected chi connectivity index (χ3v) is 2.16. The number of rotatable bonds is 1. The van der Waals surface area contributed by atoms with Crippen molar-refractivity contribution in [3.05, 3.63) is 28.8 Å². The zero-order valence-electron chi connectivity index (χ0n) is 6.84. The molecule has 0 aliphatic rings. The van der Waals surface area contributed by atoms with Crippen LogP contribution in [0.5, 0.6) is 0 Å². The number of primary amides is 1. The lowest BCUT2D eigenvalue weighted by atomic mass is 10.2. The topological polar surface area (TPSA) is 71.8 Å². The normalized spacial score (nSPS) is 10.7. The van der Waals surface area contributed by atoms with Gasteiger partial charge in [0.15, 0.2) is 11.5 Å². The summed E-state index contributed by atoms with van der Waals surface area (Å²) in [5.74, 6) is -1.54. The standard InChI is InChI=1S/C8H5ClFN3O/c9-4-5(10)3-1-2-12-8(3)13-6(4)7(11)14/h1-2H,(H2,11,14)(H,12,13). The van der Waals surface area contributed by atoms with E-state index in [2.05, 4.69) is 9.97 Å². The number of aromatic nitrogens is 2. The van der Waals surface area contributed by atoms with Crippen molar-refractivity contribution in [2.75, 3.05) is 0 Å². The molecule has 3 N–H and O–H groups in total. The Labute approximate surface area is 82.9 Å². The van der Waals surface area contributed by atoms with Crippen LogP contribution in [-0.4, -0.2) is 15.9 Å². The van der Waals surface area contributed by atoms with E-state index in [1.807, 2.05) is 0 Å². The molecule has 0 bridgehead atoms. The minimum atomic E-state index is -0.856. The van der Waals surface area contributed by atoms with Crippen molar-refractivity contribution in [3.63, 3.8) is 0 Å². The summed E-state index contributed by atoms with van der Waals surface area (Å²) < 4.78 is 13.5. The fourth-order valence-corrected chi connectivity index (χ4v) is 1.41. The second-order valence-electron chi connectivity index (χ2n) is 2.69. The molecule has 72 valence electrons. The van der Waals surface area contributed by atoms with Crippen molar-refractivity contribution in [3.8, 4) is 0 Å². The molecule has 0 atom stereocenters. The summed E-state index contributed by atoms with van der Waals surface area (Å²) in [7, 11) is 0. The number of carbonyl (C=O) groups is 1. The number of hydrogen-bond acceptors (Lipinski definition) is 2. The largest absolute Gasteiger partial charge is 0.364 e. The summed E-state index contributed by atoms with van der Waals surface area (Å²) in [6.45, 7) is 0.